The molecule has 2 aromatic rings. The van der Waals surface area contributed by atoms with Gasteiger partial charge in [0, 0.05) is 6.54 Å². The molecular weight excluding hydrogens is 252 g/mol. The Bertz CT molecular complexity index is 538. The maximum Gasteiger partial charge on any atom is 0.412 e. The van der Waals surface area contributed by atoms with Crippen molar-refractivity contribution < 1.29 is 9.53 Å². The molecule has 0 heterocycles. The van der Waals surface area contributed by atoms with Gasteiger partial charge in [-0.3, -0.25) is 0 Å². The van der Waals surface area contributed by atoms with Gasteiger partial charge in [-0.2, -0.15) is 0 Å². The number of carbonyl (C=O) groups excluding carboxylic acids is 1. The average Bonchev–Trinajstić information content (AvgIpc) is 2.48. The van der Waals surface area contributed by atoms with Crippen LogP contribution in [0.2, 0.25) is 0 Å². The van der Waals surface area contributed by atoms with Crippen molar-refractivity contribution in [3.63, 3.8) is 0 Å². The van der Waals surface area contributed by atoms with E-state index in [2.05, 4.69) is 5.32 Å². The Morgan fingerprint density at radius 2 is 1.65 bits per heavy atom. The molecule has 0 saturated carbocycles. The Kier molecular flexibility index (Phi) is 5.15. The summed E-state index contributed by atoms with van der Waals surface area (Å²) in [4.78, 5) is 11.6. The molecule has 2 aromatic carbocycles. The van der Waals surface area contributed by atoms with Gasteiger partial charge >= 0.3 is 6.09 Å². The van der Waals surface area contributed by atoms with Crippen LogP contribution >= 0.6 is 0 Å². The van der Waals surface area contributed by atoms with E-state index < -0.39 is 6.09 Å². The van der Waals surface area contributed by atoms with Crippen molar-refractivity contribution in [2.75, 3.05) is 6.54 Å². The highest BCUT2D eigenvalue weighted by Gasteiger charge is 2.03. The Labute approximate surface area is 118 Å². The Balaban J connectivity index is 1.81. The smallest absolute Gasteiger partial charge is 0.410 e. The fourth-order valence-corrected chi connectivity index (χ4v) is 1.80. The van der Waals surface area contributed by atoms with E-state index in [1.165, 1.54) is 5.56 Å². The fourth-order valence-electron chi connectivity index (χ4n) is 1.80. The van der Waals surface area contributed by atoms with Crippen LogP contribution in [0.1, 0.15) is 11.1 Å². The van der Waals surface area contributed by atoms with Crippen molar-refractivity contribution in [3.8, 4) is 5.75 Å². The molecule has 0 saturated heterocycles. The number of hydrogen-bond acceptors (Lipinski definition) is 3. The molecule has 0 atom stereocenters. The minimum atomic E-state index is -0.456. The van der Waals surface area contributed by atoms with E-state index in [0.29, 0.717) is 18.8 Å². The highest BCUT2D eigenvalue weighted by Crippen LogP contribution is 2.09. The molecule has 3 N–H and O–H groups in total. The molecule has 104 valence electrons. The first-order valence-corrected chi connectivity index (χ1v) is 6.56. The Morgan fingerprint density at radius 3 is 2.30 bits per heavy atom. The number of nitrogens with two attached hydrogens (primary N) is 1. The summed E-state index contributed by atoms with van der Waals surface area (Å²) in [6, 6.07) is 17.0. The van der Waals surface area contributed by atoms with Crippen LogP contribution in [0, 0.1) is 0 Å². The Hall–Kier alpha value is -2.33. The molecule has 2 rings (SSSR count). The van der Waals surface area contributed by atoms with Crippen LogP contribution in [0.3, 0.4) is 0 Å². The van der Waals surface area contributed by atoms with E-state index in [0.717, 1.165) is 12.0 Å². The zero-order valence-electron chi connectivity index (χ0n) is 11.2. The second kappa shape index (κ2) is 7.31. The highest BCUT2D eigenvalue weighted by atomic mass is 16.5. The van der Waals surface area contributed by atoms with Crippen molar-refractivity contribution in [3.05, 3.63) is 65.7 Å². The van der Waals surface area contributed by atoms with Crippen molar-refractivity contribution in [2.24, 2.45) is 5.73 Å². The molecule has 0 aliphatic carbocycles. The lowest BCUT2D eigenvalue weighted by molar-refractivity contribution is 0.200. The second-order valence-electron chi connectivity index (χ2n) is 4.41. The molecule has 0 radical (unpaired) electrons. The normalized spacial score (nSPS) is 10.1. The summed E-state index contributed by atoms with van der Waals surface area (Å²) < 4.78 is 5.13. The lowest BCUT2D eigenvalue weighted by Gasteiger charge is -2.07. The van der Waals surface area contributed by atoms with Crippen LogP contribution in [0.15, 0.2) is 54.6 Å². The molecule has 1 amide bonds. The number of carbonyl (C=O) groups is 1. The first-order chi connectivity index (χ1) is 9.78. The van der Waals surface area contributed by atoms with Crippen LogP contribution in [0.25, 0.3) is 0 Å². The molecule has 0 fully saturated rings. The van der Waals surface area contributed by atoms with Gasteiger partial charge in [0.1, 0.15) is 5.75 Å². The van der Waals surface area contributed by atoms with Crippen molar-refractivity contribution in [2.45, 2.75) is 13.0 Å². The maximum absolute atomic E-state index is 11.6. The number of nitrogens with one attached hydrogen (secondary N) is 1. The predicted octanol–water partition coefficient (Wildman–Crippen LogP) is 2.48. The highest BCUT2D eigenvalue weighted by molar-refractivity contribution is 5.70. The molecule has 0 aromatic heterocycles. The molecule has 0 aliphatic rings. The van der Waals surface area contributed by atoms with E-state index >= 15 is 0 Å². The summed E-state index contributed by atoms with van der Waals surface area (Å²) >= 11 is 0. The largest absolute Gasteiger partial charge is 0.412 e. The van der Waals surface area contributed by atoms with Gasteiger partial charge in [0.05, 0.1) is 0 Å². The van der Waals surface area contributed by atoms with Gasteiger partial charge in [-0.05, 0) is 36.2 Å². The maximum atomic E-state index is 11.6. The third-order valence-electron chi connectivity index (χ3n) is 2.85. The minimum absolute atomic E-state index is 0.439. The van der Waals surface area contributed by atoms with Crippen LogP contribution in [-0.4, -0.2) is 12.6 Å². The standard InChI is InChI=1S/C16H18N2O2/c17-11-10-13-6-8-14(9-7-13)12-18-16(19)20-15-4-2-1-3-5-15/h1-9H,10-12,17H2,(H,18,19). The molecule has 0 unspecified atom stereocenters. The summed E-state index contributed by atoms with van der Waals surface area (Å²) in [7, 11) is 0. The zero-order valence-corrected chi connectivity index (χ0v) is 11.2. The SMILES string of the molecule is NCCc1ccc(CNC(=O)Oc2ccccc2)cc1. The second-order valence-corrected chi connectivity index (χ2v) is 4.41. The van der Waals surface area contributed by atoms with E-state index in [1.807, 2.05) is 42.5 Å². The summed E-state index contributed by atoms with van der Waals surface area (Å²) in [5, 5.41) is 2.71. The van der Waals surface area contributed by atoms with Crippen molar-refractivity contribution in [1.82, 2.24) is 5.32 Å². The number of para-hydroxylation sites is 1. The fraction of sp³-hybridized carbons (Fsp3) is 0.188. The molecule has 0 bridgehead atoms. The quantitative estimate of drug-likeness (QED) is 0.877. The molecule has 0 spiro atoms. The molecule has 20 heavy (non-hydrogen) atoms. The third-order valence-corrected chi connectivity index (χ3v) is 2.85. The molecule has 0 aliphatic heterocycles. The van der Waals surface area contributed by atoms with E-state index in [1.54, 1.807) is 12.1 Å². The molecule has 4 nitrogen and oxygen atoms in total. The summed E-state index contributed by atoms with van der Waals surface area (Å²) in [6.07, 6.45) is 0.409. The van der Waals surface area contributed by atoms with Crippen molar-refractivity contribution >= 4 is 6.09 Å². The number of rotatable bonds is 5. The van der Waals surface area contributed by atoms with Crippen LogP contribution in [-0.2, 0) is 13.0 Å². The number of hydrogen-bond donors (Lipinski definition) is 2. The van der Waals surface area contributed by atoms with Crippen LogP contribution < -0.4 is 15.8 Å². The minimum Gasteiger partial charge on any atom is -0.410 e. The molecular formula is C16H18N2O2. The van der Waals surface area contributed by atoms with Gasteiger partial charge in [0.25, 0.3) is 0 Å². The number of ether oxygens (including phenoxy) is 1. The number of amides is 1. The van der Waals surface area contributed by atoms with Gasteiger partial charge in [0.2, 0.25) is 0 Å². The summed E-state index contributed by atoms with van der Waals surface area (Å²) in [6.45, 7) is 1.08. The average molecular weight is 270 g/mol. The third kappa shape index (κ3) is 4.40. The zero-order chi connectivity index (χ0) is 14.2. The van der Waals surface area contributed by atoms with Gasteiger partial charge in [-0.15, -0.1) is 0 Å². The van der Waals surface area contributed by atoms with Gasteiger partial charge in [0.15, 0.2) is 0 Å². The molecule has 4 heteroatoms. The van der Waals surface area contributed by atoms with Crippen LogP contribution in [0.4, 0.5) is 4.79 Å². The Morgan fingerprint density at radius 1 is 1.00 bits per heavy atom. The van der Waals surface area contributed by atoms with Crippen LogP contribution in [0.5, 0.6) is 5.75 Å². The number of benzene rings is 2. The van der Waals surface area contributed by atoms with E-state index in [4.69, 9.17) is 10.5 Å². The lowest BCUT2D eigenvalue weighted by atomic mass is 10.1. The first kappa shape index (κ1) is 14.1. The summed E-state index contributed by atoms with van der Waals surface area (Å²) in [5.74, 6) is 0.531. The summed E-state index contributed by atoms with van der Waals surface area (Å²) in [5.41, 5.74) is 7.72. The van der Waals surface area contributed by atoms with Crippen molar-refractivity contribution in [1.29, 1.82) is 0 Å². The van der Waals surface area contributed by atoms with E-state index in [-0.39, 0.29) is 0 Å². The first-order valence-electron chi connectivity index (χ1n) is 6.56. The monoisotopic (exact) mass is 270 g/mol. The van der Waals surface area contributed by atoms with Gasteiger partial charge in [-0.1, -0.05) is 42.5 Å². The predicted molar refractivity (Wildman–Crippen MR) is 78.5 cm³/mol. The van der Waals surface area contributed by atoms with Gasteiger partial charge in [-0.25, -0.2) is 4.79 Å². The van der Waals surface area contributed by atoms with E-state index in [9.17, 15) is 4.79 Å². The van der Waals surface area contributed by atoms with Gasteiger partial charge < -0.3 is 15.8 Å². The lowest BCUT2D eigenvalue weighted by Crippen LogP contribution is -2.26. The topological polar surface area (TPSA) is 64.3 Å².